The van der Waals surface area contributed by atoms with Crippen LogP contribution < -0.4 is 10.1 Å². The molecule has 6 nitrogen and oxygen atoms in total. The topological polar surface area (TPSA) is 67.9 Å². The molecule has 0 radical (unpaired) electrons. The summed E-state index contributed by atoms with van der Waals surface area (Å²) in [5.41, 5.74) is 3.42. The Morgan fingerprint density at radius 1 is 1.06 bits per heavy atom. The third kappa shape index (κ3) is 4.47. The molecule has 0 spiro atoms. The third-order valence-electron chi connectivity index (χ3n) is 5.39. The molecular weight excluding hydrogens is 412 g/mol. The first-order valence-electron chi connectivity index (χ1n) is 10.0. The van der Waals surface area contributed by atoms with Crippen LogP contribution >= 0.6 is 11.3 Å². The van der Waals surface area contributed by atoms with Crippen LogP contribution in [-0.4, -0.2) is 44.1 Å². The molecule has 31 heavy (non-hydrogen) atoms. The molecular formula is C24H24N2O4S. The van der Waals surface area contributed by atoms with Gasteiger partial charge in [0.15, 0.2) is 0 Å². The number of fused-ring (bicyclic) bond motifs is 1. The molecule has 2 amide bonds. The predicted molar refractivity (Wildman–Crippen MR) is 121 cm³/mol. The molecule has 1 aromatic heterocycles. The van der Waals surface area contributed by atoms with Gasteiger partial charge in [-0.15, -0.1) is 11.3 Å². The first-order chi connectivity index (χ1) is 15.1. The number of carbonyl (C=O) groups excluding carboxylic acids is 2. The minimum Gasteiger partial charge on any atom is -0.497 e. The van der Waals surface area contributed by atoms with E-state index in [-0.39, 0.29) is 24.5 Å². The van der Waals surface area contributed by atoms with Gasteiger partial charge in [0, 0.05) is 29.8 Å². The number of hydrogen-bond donors (Lipinski definition) is 1. The van der Waals surface area contributed by atoms with Gasteiger partial charge < -0.3 is 19.7 Å². The molecule has 7 heteroatoms. The van der Waals surface area contributed by atoms with Crippen LogP contribution in [0.4, 0.5) is 5.69 Å². The van der Waals surface area contributed by atoms with Gasteiger partial charge in [-0.1, -0.05) is 12.1 Å². The van der Waals surface area contributed by atoms with Gasteiger partial charge in [0.25, 0.3) is 5.91 Å². The van der Waals surface area contributed by atoms with Crippen molar-refractivity contribution in [3.63, 3.8) is 0 Å². The number of carbonyl (C=O) groups is 2. The molecule has 1 atom stereocenters. The van der Waals surface area contributed by atoms with E-state index in [1.807, 2.05) is 29.2 Å². The maximum absolute atomic E-state index is 12.7. The van der Waals surface area contributed by atoms with Crippen LogP contribution in [0.15, 0.2) is 60.0 Å². The smallest absolute Gasteiger partial charge is 0.255 e. The molecule has 3 aromatic rings. The summed E-state index contributed by atoms with van der Waals surface area (Å²) in [5.74, 6) is 0.486. The Kier molecular flexibility index (Phi) is 6.34. The van der Waals surface area contributed by atoms with E-state index in [2.05, 4.69) is 16.8 Å². The molecule has 4 rings (SSSR count). The van der Waals surface area contributed by atoms with Crippen molar-refractivity contribution < 1.29 is 19.1 Å². The standard InChI is InChI=1S/C24H24N2O4S/c1-29-15-22(27)26-13-11-21-20(12-14-31-21)23(26)16-3-7-18(8-4-16)25-24(28)17-5-9-19(30-2)10-6-17/h3-10,12,14,23H,11,13,15H2,1-2H3,(H,25,28)/t23-/m0/s1. The normalized spacial score (nSPS) is 15.3. The Hall–Kier alpha value is -3.16. The maximum atomic E-state index is 12.7. The number of rotatable bonds is 6. The third-order valence-corrected chi connectivity index (χ3v) is 6.39. The monoisotopic (exact) mass is 436 g/mol. The van der Waals surface area contributed by atoms with Crippen LogP contribution in [0.5, 0.6) is 5.75 Å². The molecule has 1 aliphatic rings. The summed E-state index contributed by atoms with van der Waals surface area (Å²) in [6.07, 6.45) is 0.856. The van der Waals surface area contributed by atoms with Crippen LogP contribution in [0.25, 0.3) is 0 Å². The van der Waals surface area contributed by atoms with E-state index in [1.54, 1.807) is 42.7 Å². The summed E-state index contributed by atoms with van der Waals surface area (Å²) in [7, 11) is 3.12. The Labute approximate surface area is 185 Å². The van der Waals surface area contributed by atoms with Crippen LogP contribution in [0, 0.1) is 0 Å². The lowest BCUT2D eigenvalue weighted by molar-refractivity contribution is -0.137. The number of benzene rings is 2. The van der Waals surface area contributed by atoms with Gasteiger partial charge in [-0.3, -0.25) is 9.59 Å². The number of methoxy groups -OCH3 is 2. The fraction of sp³-hybridized carbons (Fsp3) is 0.250. The second kappa shape index (κ2) is 9.32. The van der Waals surface area contributed by atoms with Crippen molar-refractivity contribution in [2.24, 2.45) is 0 Å². The minimum absolute atomic E-state index is 0.0266. The SMILES string of the molecule is COCC(=O)N1CCc2sccc2[C@@H]1c1ccc(NC(=O)c2ccc(OC)cc2)cc1. The zero-order valence-corrected chi connectivity index (χ0v) is 18.3. The van der Waals surface area contributed by atoms with Gasteiger partial charge in [-0.2, -0.15) is 0 Å². The first-order valence-corrected chi connectivity index (χ1v) is 10.9. The first kappa shape index (κ1) is 21.1. The van der Waals surface area contributed by atoms with E-state index in [0.29, 0.717) is 23.5 Å². The van der Waals surface area contributed by atoms with Crippen molar-refractivity contribution in [2.75, 3.05) is 32.7 Å². The summed E-state index contributed by atoms with van der Waals surface area (Å²) < 4.78 is 10.2. The molecule has 160 valence electrons. The van der Waals surface area contributed by atoms with Gasteiger partial charge in [-0.05, 0) is 65.4 Å². The van der Waals surface area contributed by atoms with E-state index in [1.165, 1.54) is 12.0 Å². The Balaban J connectivity index is 1.54. The van der Waals surface area contributed by atoms with Gasteiger partial charge in [0.05, 0.1) is 13.2 Å². The number of ether oxygens (including phenoxy) is 2. The highest BCUT2D eigenvalue weighted by Crippen LogP contribution is 2.38. The lowest BCUT2D eigenvalue weighted by Gasteiger charge is -2.36. The molecule has 0 saturated carbocycles. The minimum atomic E-state index is -0.190. The highest BCUT2D eigenvalue weighted by molar-refractivity contribution is 7.10. The average molecular weight is 437 g/mol. The van der Waals surface area contributed by atoms with E-state index in [9.17, 15) is 9.59 Å². The van der Waals surface area contributed by atoms with Crippen LogP contribution in [0.2, 0.25) is 0 Å². The fourth-order valence-corrected chi connectivity index (χ4v) is 4.75. The molecule has 0 bridgehead atoms. The van der Waals surface area contributed by atoms with Gasteiger partial charge in [0.1, 0.15) is 12.4 Å². The second-order valence-corrected chi connectivity index (χ2v) is 8.28. The van der Waals surface area contributed by atoms with Crippen LogP contribution in [0.3, 0.4) is 0 Å². The molecule has 1 N–H and O–H groups in total. The van der Waals surface area contributed by atoms with Crippen molar-refractivity contribution in [1.82, 2.24) is 4.90 Å². The second-order valence-electron chi connectivity index (χ2n) is 7.28. The molecule has 0 fully saturated rings. The van der Waals surface area contributed by atoms with Gasteiger partial charge in [-0.25, -0.2) is 0 Å². The highest BCUT2D eigenvalue weighted by Gasteiger charge is 2.32. The summed E-state index contributed by atoms with van der Waals surface area (Å²) >= 11 is 1.73. The lowest BCUT2D eigenvalue weighted by Crippen LogP contribution is -2.41. The van der Waals surface area contributed by atoms with E-state index >= 15 is 0 Å². The van der Waals surface area contributed by atoms with Crippen molar-refractivity contribution in [3.8, 4) is 5.75 Å². The highest BCUT2D eigenvalue weighted by atomic mass is 32.1. The zero-order chi connectivity index (χ0) is 21.8. The Morgan fingerprint density at radius 2 is 1.81 bits per heavy atom. The summed E-state index contributed by atoms with van der Waals surface area (Å²) in [6, 6.07) is 16.6. The molecule has 0 aliphatic carbocycles. The quantitative estimate of drug-likeness (QED) is 0.631. The number of nitrogens with one attached hydrogen (secondary N) is 1. The molecule has 2 heterocycles. The van der Waals surface area contributed by atoms with Gasteiger partial charge in [0.2, 0.25) is 5.91 Å². The van der Waals surface area contributed by atoms with Crippen LogP contribution in [-0.2, 0) is 16.0 Å². The molecule has 0 saturated heterocycles. The fourth-order valence-electron chi connectivity index (χ4n) is 3.85. The van der Waals surface area contributed by atoms with Crippen molar-refractivity contribution in [1.29, 1.82) is 0 Å². The van der Waals surface area contributed by atoms with Crippen molar-refractivity contribution >= 4 is 28.8 Å². The van der Waals surface area contributed by atoms with Gasteiger partial charge >= 0.3 is 0 Å². The average Bonchev–Trinajstić information content (AvgIpc) is 3.28. The Bertz CT molecular complexity index is 1060. The Morgan fingerprint density at radius 3 is 2.48 bits per heavy atom. The largest absolute Gasteiger partial charge is 0.497 e. The number of nitrogens with zero attached hydrogens (tertiary/aromatic N) is 1. The van der Waals surface area contributed by atoms with Crippen molar-refractivity contribution in [2.45, 2.75) is 12.5 Å². The molecule has 2 aromatic carbocycles. The number of anilines is 1. The van der Waals surface area contributed by atoms with E-state index in [0.717, 1.165) is 17.5 Å². The predicted octanol–water partition coefficient (Wildman–Crippen LogP) is 4.13. The van der Waals surface area contributed by atoms with E-state index < -0.39 is 0 Å². The summed E-state index contributed by atoms with van der Waals surface area (Å²) in [4.78, 5) is 28.4. The van der Waals surface area contributed by atoms with E-state index in [4.69, 9.17) is 9.47 Å². The van der Waals surface area contributed by atoms with Crippen LogP contribution in [0.1, 0.15) is 32.4 Å². The summed E-state index contributed by atoms with van der Waals surface area (Å²) in [5, 5.41) is 4.99. The number of amides is 2. The molecule has 1 aliphatic heterocycles. The summed E-state index contributed by atoms with van der Waals surface area (Å²) in [6.45, 7) is 0.725. The molecule has 0 unspecified atom stereocenters. The number of thiophene rings is 1. The maximum Gasteiger partial charge on any atom is 0.255 e. The zero-order valence-electron chi connectivity index (χ0n) is 17.5. The number of hydrogen-bond acceptors (Lipinski definition) is 5. The van der Waals surface area contributed by atoms with Crippen molar-refractivity contribution in [3.05, 3.63) is 81.5 Å². The lowest BCUT2D eigenvalue weighted by atomic mass is 9.93.